The Hall–Kier alpha value is -0.340. The Morgan fingerprint density at radius 1 is 1.58 bits per heavy atom. The smallest absolute Gasteiger partial charge is 0.105 e. The lowest BCUT2D eigenvalue weighted by Crippen LogP contribution is -2.34. The molecule has 2 heterocycles. The van der Waals surface area contributed by atoms with E-state index in [4.69, 9.17) is 4.74 Å². The molecule has 2 aliphatic rings. The maximum Gasteiger partial charge on any atom is 0.105 e. The SMILES string of the molecule is CCCC1=CC2CCC(O)C1O2. The van der Waals surface area contributed by atoms with Crippen molar-refractivity contribution in [1.29, 1.82) is 0 Å². The molecule has 0 aliphatic carbocycles. The van der Waals surface area contributed by atoms with Gasteiger partial charge in [0.05, 0.1) is 12.2 Å². The summed E-state index contributed by atoms with van der Waals surface area (Å²) in [5.74, 6) is 0. The molecular weight excluding hydrogens is 152 g/mol. The molecule has 2 heteroatoms. The van der Waals surface area contributed by atoms with Crippen molar-refractivity contribution in [2.75, 3.05) is 0 Å². The number of hydrogen-bond donors (Lipinski definition) is 1. The zero-order valence-corrected chi connectivity index (χ0v) is 7.49. The van der Waals surface area contributed by atoms with Gasteiger partial charge in [0.2, 0.25) is 0 Å². The Morgan fingerprint density at radius 2 is 2.42 bits per heavy atom. The minimum absolute atomic E-state index is 0.0312. The Labute approximate surface area is 73.2 Å². The van der Waals surface area contributed by atoms with Crippen molar-refractivity contribution in [1.82, 2.24) is 0 Å². The van der Waals surface area contributed by atoms with Gasteiger partial charge in [-0.05, 0) is 24.8 Å². The lowest BCUT2D eigenvalue weighted by atomic mass is 10.0. The third-order valence-corrected chi connectivity index (χ3v) is 2.72. The fraction of sp³-hybridized carbons (Fsp3) is 0.800. The third-order valence-electron chi connectivity index (χ3n) is 2.72. The second kappa shape index (κ2) is 3.19. The number of aliphatic hydroxyl groups is 1. The normalized spacial score (nSPS) is 39.8. The molecular formula is C10H16O2. The Morgan fingerprint density at radius 3 is 3.17 bits per heavy atom. The lowest BCUT2D eigenvalue weighted by molar-refractivity contribution is -0.0674. The minimum Gasteiger partial charge on any atom is -0.390 e. The summed E-state index contributed by atoms with van der Waals surface area (Å²) < 4.78 is 5.63. The average Bonchev–Trinajstić information content (AvgIpc) is 2.39. The number of aliphatic hydroxyl groups excluding tert-OH is 1. The zero-order valence-electron chi connectivity index (χ0n) is 7.49. The van der Waals surface area contributed by atoms with Crippen LogP contribution in [-0.4, -0.2) is 23.4 Å². The Bertz CT molecular complexity index is 198. The van der Waals surface area contributed by atoms with Gasteiger partial charge in [0.15, 0.2) is 0 Å². The van der Waals surface area contributed by atoms with Gasteiger partial charge in [-0.15, -0.1) is 0 Å². The highest BCUT2D eigenvalue weighted by atomic mass is 16.5. The molecule has 0 aromatic heterocycles. The topological polar surface area (TPSA) is 29.5 Å². The van der Waals surface area contributed by atoms with Crippen LogP contribution in [0.25, 0.3) is 0 Å². The van der Waals surface area contributed by atoms with Crippen LogP contribution in [0.3, 0.4) is 0 Å². The molecule has 1 fully saturated rings. The van der Waals surface area contributed by atoms with Crippen molar-refractivity contribution in [2.24, 2.45) is 0 Å². The Kier molecular flexibility index (Phi) is 2.20. The summed E-state index contributed by atoms with van der Waals surface area (Å²) >= 11 is 0. The molecule has 1 saturated heterocycles. The van der Waals surface area contributed by atoms with Crippen molar-refractivity contribution in [3.05, 3.63) is 11.6 Å². The summed E-state index contributed by atoms with van der Waals surface area (Å²) in [5, 5.41) is 9.63. The van der Waals surface area contributed by atoms with Crippen molar-refractivity contribution < 1.29 is 9.84 Å². The molecule has 0 spiro atoms. The van der Waals surface area contributed by atoms with Crippen LogP contribution >= 0.6 is 0 Å². The van der Waals surface area contributed by atoms with E-state index in [1.165, 1.54) is 5.57 Å². The average molecular weight is 168 g/mol. The number of fused-ring (bicyclic) bond motifs is 2. The molecule has 3 unspecified atom stereocenters. The quantitative estimate of drug-likeness (QED) is 0.635. The molecule has 0 aromatic rings. The molecule has 2 bridgehead atoms. The standard InChI is InChI=1S/C10H16O2/c1-2-3-7-6-8-4-5-9(11)10(7)12-8/h6,8-11H,2-5H2,1H3. The molecule has 1 N–H and O–H groups in total. The van der Waals surface area contributed by atoms with Crippen LogP contribution in [-0.2, 0) is 4.74 Å². The van der Waals surface area contributed by atoms with E-state index in [0.717, 1.165) is 25.7 Å². The maximum absolute atomic E-state index is 9.63. The fourth-order valence-electron chi connectivity index (χ4n) is 2.14. The van der Waals surface area contributed by atoms with Crippen LogP contribution in [0.15, 0.2) is 11.6 Å². The van der Waals surface area contributed by atoms with E-state index >= 15 is 0 Å². The predicted octanol–water partition coefficient (Wildman–Crippen LogP) is 1.64. The summed E-state index contributed by atoms with van der Waals surface area (Å²) in [6.07, 6.45) is 6.42. The van der Waals surface area contributed by atoms with Gasteiger partial charge in [0, 0.05) is 0 Å². The van der Waals surface area contributed by atoms with Gasteiger partial charge in [0.1, 0.15) is 6.10 Å². The molecule has 0 radical (unpaired) electrons. The summed E-state index contributed by atoms with van der Waals surface area (Å²) in [4.78, 5) is 0. The van der Waals surface area contributed by atoms with Gasteiger partial charge in [-0.1, -0.05) is 19.4 Å². The van der Waals surface area contributed by atoms with Gasteiger partial charge in [-0.25, -0.2) is 0 Å². The van der Waals surface area contributed by atoms with Crippen molar-refractivity contribution >= 4 is 0 Å². The largest absolute Gasteiger partial charge is 0.390 e. The molecule has 12 heavy (non-hydrogen) atoms. The van der Waals surface area contributed by atoms with Crippen molar-refractivity contribution in [3.63, 3.8) is 0 Å². The molecule has 2 rings (SSSR count). The highest BCUT2D eigenvalue weighted by Crippen LogP contribution is 2.34. The second-order valence-corrected chi connectivity index (χ2v) is 3.73. The fourth-order valence-corrected chi connectivity index (χ4v) is 2.14. The summed E-state index contributed by atoms with van der Waals surface area (Å²) in [6.45, 7) is 2.16. The van der Waals surface area contributed by atoms with Crippen LogP contribution in [0.2, 0.25) is 0 Å². The molecule has 0 aromatic carbocycles. The molecule has 3 atom stereocenters. The van der Waals surface area contributed by atoms with Crippen LogP contribution < -0.4 is 0 Å². The first kappa shape index (κ1) is 8.27. The second-order valence-electron chi connectivity index (χ2n) is 3.73. The van der Waals surface area contributed by atoms with Crippen molar-refractivity contribution in [2.45, 2.75) is 50.9 Å². The van der Waals surface area contributed by atoms with E-state index in [1.807, 2.05) is 0 Å². The lowest BCUT2D eigenvalue weighted by Gasteiger charge is -2.27. The van der Waals surface area contributed by atoms with Crippen molar-refractivity contribution in [3.8, 4) is 0 Å². The molecule has 2 aliphatic heterocycles. The predicted molar refractivity (Wildman–Crippen MR) is 46.9 cm³/mol. The van der Waals surface area contributed by atoms with E-state index in [-0.39, 0.29) is 12.2 Å². The third kappa shape index (κ3) is 1.29. The number of hydrogen-bond acceptors (Lipinski definition) is 2. The first-order valence-electron chi connectivity index (χ1n) is 4.85. The minimum atomic E-state index is -0.249. The van der Waals surface area contributed by atoms with Gasteiger partial charge in [0.25, 0.3) is 0 Å². The van der Waals surface area contributed by atoms with Gasteiger partial charge < -0.3 is 9.84 Å². The van der Waals surface area contributed by atoms with E-state index in [2.05, 4.69) is 13.0 Å². The van der Waals surface area contributed by atoms with Crippen LogP contribution in [0.5, 0.6) is 0 Å². The molecule has 68 valence electrons. The van der Waals surface area contributed by atoms with Gasteiger partial charge >= 0.3 is 0 Å². The van der Waals surface area contributed by atoms with E-state index < -0.39 is 0 Å². The summed E-state index contributed by atoms with van der Waals surface area (Å²) in [5.41, 5.74) is 1.33. The number of rotatable bonds is 2. The van der Waals surface area contributed by atoms with Gasteiger partial charge in [-0.3, -0.25) is 0 Å². The highest BCUT2D eigenvalue weighted by Gasteiger charge is 2.36. The number of ether oxygens (including phenoxy) is 1. The van der Waals surface area contributed by atoms with Crippen LogP contribution in [0.4, 0.5) is 0 Å². The van der Waals surface area contributed by atoms with E-state index in [9.17, 15) is 5.11 Å². The Balaban J connectivity index is 2.08. The summed E-state index contributed by atoms with van der Waals surface area (Å²) in [7, 11) is 0. The zero-order chi connectivity index (χ0) is 8.55. The monoisotopic (exact) mass is 168 g/mol. The highest BCUT2D eigenvalue weighted by molar-refractivity contribution is 5.20. The van der Waals surface area contributed by atoms with Crippen LogP contribution in [0.1, 0.15) is 32.6 Å². The maximum atomic E-state index is 9.63. The first-order valence-corrected chi connectivity index (χ1v) is 4.85. The molecule has 0 saturated carbocycles. The first-order chi connectivity index (χ1) is 5.81. The van der Waals surface area contributed by atoms with Crippen LogP contribution in [0, 0.1) is 0 Å². The van der Waals surface area contributed by atoms with E-state index in [0.29, 0.717) is 6.10 Å². The van der Waals surface area contributed by atoms with Gasteiger partial charge in [-0.2, -0.15) is 0 Å². The molecule has 0 amide bonds. The van der Waals surface area contributed by atoms with E-state index in [1.54, 1.807) is 0 Å². The summed E-state index contributed by atoms with van der Waals surface area (Å²) in [6, 6.07) is 0. The molecule has 2 nitrogen and oxygen atoms in total.